The highest BCUT2D eigenvalue weighted by Crippen LogP contribution is 2.26. The zero-order chi connectivity index (χ0) is 13.5. The second-order valence-electron chi connectivity index (χ2n) is 5.54. The average molecular weight is 245 g/mol. The quantitative estimate of drug-likeness (QED) is 0.721. The lowest BCUT2D eigenvalue weighted by Crippen LogP contribution is -2.24. The van der Waals surface area contributed by atoms with Crippen molar-refractivity contribution in [2.75, 3.05) is 0 Å². The van der Waals surface area contributed by atoms with Gasteiger partial charge in [-0.2, -0.15) is 0 Å². The molecule has 1 heterocycles. The Morgan fingerprint density at radius 3 is 2.44 bits per heavy atom. The summed E-state index contributed by atoms with van der Waals surface area (Å²) in [7, 11) is 1.96. The smallest absolute Gasteiger partial charge is 0.341 e. The van der Waals surface area contributed by atoms with Crippen LogP contribution in [0.5, 0.6) is 0 Å². The van der Waals surface area contributed by atoms with E-state index >= 15 is 0 Å². The molecular weight excluding hydrogens is 226 g/mol. The third-order valence-corrected chi connectivity index (χ3v) is 3.00. The molecule has 0 amide bonds. The molecule has 0 saturated carbocycles. The van der Waals surface area contributed by atoms with Gasteiger partial charge in [0.15, 0.2) is 0 Å². The van der Waals surface area contributed by atoms with Crippen molar-refractivity contribution >= 4 is 16.9 Å². The number of hydrogen-bond acceptors (Lipinski definition) is 2. The summed E-state index contributed by atoms with van der Waals surface area (Å²) in [6.45, 7) is 7.58. The number of carbonyl (C=O) groups is 1. The number of hydrogen-bond donors (Lipinski definition) is 0. The molecule has 1 aromatic heterocycles. The van der Waals surface area contributed by atoms with E-state index in [9.17, 15) is 4.79 Å². The van der Waals surface area contributed by atoms with Crippen LogP contribution in [0.2, 0.25) is 0 Å². The topological polar surface area (TPSA) is 31.2 Å². The highest BCUT2D eigenvalue weighted by atomic mass is 16.6. The number of aryl methyl sites for hydroxylation is 1. The van der Waals surface area contributed by atoms with Gasteiger partial charge in [-0.3, -0.25) is 0 Å². The van der Waals surface area contributed by atoms with Crippen LogP contribution in [0, 0.1) is 6.92 Å². The van der Waals surface area contributed by atoms with E-state index in [0.717, 1.165) is 16.6 Å². The van der Waals surface area contributed by atoms with E-state index in [0.29, 0.717) is 5.56 Å². The van der Waals surface area contributed by atoms with Crippen LogP contribution in [0.4, 0.5) is 0 Å². The van der Waals surface area contributed by atoms with Crippen LogP contribution in [0.25, 0.3) is 10.9 Å². The highest BCUT2D eigenvalue weighted by molar-refractivity contribution is 6.06. The van der Waals surface area contributed by atoms with Crippen molar-refractivity contribution in [3.05, 3.63) is 35.5 Å². The number of rotatable bonds is 1. The van der Waals surface area contributed by atoms with Crippen LogP contribution in [-0.2, 0) is 11.8 Å². The van der Waals surface area contributed by atoms with Gasteiger partial charge < -0.3 is 9.30 Å². The SMILES string of the molecule is Cc1c(C(=O)OC(C)(C)C)c2ccccc2n1C. The van der Waals surface area contributed by atoms with Crippen LogP contribution in [0.3, 0.4) is 0 Å². The van der Waals surface area contributed by atoms with Crippen molar-refractivity contribution in [3.8, 4) is 0 Å². The molecule has 2 aromatic rings. The molecule has 0 fully saturated rings. The molecule has 0 saturated heterocycles. The number of benzene rings is 1. The maximum Gasteiger partial charge on any atom is 0.341 e. The minimum atomic E-state index is -0.472. The molecular formula is C15H19NO2. The number of ether oxygens (including phenoxy) is 1. The predicted octanol–water partition coefficient (Wildman–Crippen LogP) is 3.44. The lowest BCUT2D eigenvalue weighted by molar-refractivity contribution is 0.00708. The minimum Gasteiger partial charge on any atom is -0.456 e. The summed E-state index contributed by atoms with van der Waals surface area (Å²) in [5.41, 5.74) is 2.19. The third-order valence-electron chi connectivity index (χ3n) is 3.00. The first-order chi connectivity index (χ1) is 8.31. The lowest BCUT2D eigenvalue weighted by Gasteiger charge is -2.19. The molecule has 18 heavy (non-hydrogen) atoms. The van der Waals surface area contributed by atoms with Crippen LogP contribution < -0.4 is 0 Å². The van der Waals surface area contributed by atoms with Crippen LogP contribution in [0.1, 0.15) is 36.8 Å². The summed E-state index contributed by atoms with van der Waals surface area (Å²) in [5.74, 6) is -0.253. The molecule has 0 radical (unpaired) electrons. The van der Waals surface area contributed by atoms with Gasteiger partial charge in [0, 0.05) is 23.6 Å². The van der Waals surface area contributed by atoms with E-state index < -0.39 is 5.60 Å². The Bertz CT molecular complexity index is 603. The Hall–Kier alpha value is -1.77. The largest absolute Gasteiger partial charge is 0.456 e. The molecule has 0 aliphatic heterocycles. The maximum atomic E-state index is 12.3. The second-order valence-corrected chi connectivity index (χ2v) is 5.54. The summed E-state index contributed by atoms with van der Waals surface area (Å²) in [4.78, 5) is 12.3. The molecule has 0 N–H and O–H groups in total. The minimum absolute atomic E-state index is 0.253. The highest BCUT2D eigenvalue weighted by Gasteiger charge is 2.23. The number of fused-ring (bicyclic) bond motifs is 1. The van der Waals surface area contributed by atoms with Crippen LogP contribution in [0.15, 0.2) is 24.3 Å². The second kappa shape index (κ2) is 4.16. The van der Waals surface area contributed by atoms with Gasteiger partial charge in [-0.05, 0) is 33.8 Å². The van der Waals surface area contributed by atoms with Gasteiger partial charge in [0.05, 0.1) is 5.56 Å². The van der Waals surface area contributed by atoms with Gasteiger partial charge in [0.1, 0.15) is 5.60 Å². The van der Waals surface area contributed by atoms with Gasteiger partial charge >= 0.3 is 5.97 Å². The van der Waals surface area contributed by atoms with E-state index in [4.69, 9.17) is 4.74 Å². The summed E-state index contributed by atoms with van der Waals surface area (Å²) < 4.78 is 7.50. The lowest BCUT2D eigenvalue weighted by atomic mass is 10.1. The monoisotopic (exact) mass is 245 g/mol. The summed E-state index contributed by atoms with van der Waals surface area (Å²) >= 11 is 0. The average Bonchev–Trinajstić information content (AvgIpc) is 2.50. The van der Waals surface area contributed by atoms with Crippen molar-refractivity contribution in [2.24, 2.45) is 7.05 Å². The normalized spacial score (nSPS) is 11.8. The Morgan fingerprint density at radius 2 is 1.83 bits per heavy atom. The van der Waals surface area contributed by atoms with E-state index in [1.54, 1.807) is 0 Å². The van der Waals surface area contributed by atoms with Crippen LogP contribution >= 0.6 is 0 Å². The Kier molecular flexibility index (Phi) is 2.93. The van der Waals surface area contributed by atoms with Crippen molar-refractivity contribution in [1.82, 2.24) is 4.57 Å². The fourth-order valence-corrected chi connectivity index (χ4v) is 2.11. The zero-order valence-electron chi connectivity index (χ0n) is 11.6. The standard InChI is InChI=1S/C15H19NO2/c1-10-13(14(17)18-15(2,3)4)11-8-6-7-9-12(11)16(10)5/h6-9H,1-5H3. The fraction of sp³-hybridized carbons (Fsp3) is 0.400. The number of aromatic nitrogens is 1. The maximum absolute atomic E-state index is 12.3. The first-order valence-electron chi connectivity index (χ1n) is 6.08. The predicted molar refractivity (Wildman–Crippen MR) is 72.8 cm³/mol. The Morgan fingerprint density at radius 1 is 1.22 bits per heavy atom. The number of nitrogens with zero attached hydrogens (tertiary/aromatic N) is 1. The van der Waals surface area contributed by atoms with E-state index in [-0.39, 0.29) is 5.97 Å². The van der Waals surface area contributed by atoms with Gasteiger partial charge in [-0.1, -0.05) is 18.2 Å². The van der Waals surface area contributed by atoms with Crippen molar-refractivity contribution in [1.29, 1.82) is 0 Å². The molecule has 0 aliphatic carbocycles. The molecule has 0 atom stereocenters. The van der Waals surface area contributed by atoms with Crippen molar-refractivity contribution in [3.63, 3.8) is 0 Å². The Labute approximate surface area is 107 Å². The van der Waals surface area contributed by atoms with Crippen molar-refractivity contribution in [2.45, 2.75) is 33.3 Å². The molecule has 2 rings (SSSR count). The van der Waals surface area contributed by atoms with Gasteiger partial charge in [-0.25, -0.2) is 4.79 Å². The molecule has 3 heteroatoms. The molecule has 96 valence electrons. The zero-order valence-corrected chi connectivity index (χ0v) is 11.6. The van der Waals surface area contributed by atoms with E-state index in [1.807, 2.05) is 63.6 Å². The summed E-state index contributed by atoms with van der Waals surface area (Å²) in [6, 6.07) is 7.88. The molecule has 0 spiro atoms. The number of carbonyl (C=O) groups excluding carboxylic acids is 1. The molecule has 0 unspecified atom stereocenters. The first-order valence-corrected chi connectivity index (χ1v) is 6.08. The van der Waals surface area contributed by atoms with Gasteiger partial charge in [0.2, 0.25) is 0 Å². The first kappa shape index (κ1) is 12.7. The Balaban J connectivity index is 2.58. The summed E-state index contributed by atoms with van der Waals surface area (Å²) in [6.07, 6.45) is 0. The van der Waals surface area contributed by atoms with Crippen molar-refractivity contribution < 1.29 is 9.53 Å². The molecule has 3 nitrogen and oxygen atoms in total. The molecule has 1 aromatic carbocycles. The number of esters is 1. The van der Waals surface area contributed by atoms with E-state index in [2.05, 4.69) is 0 Å². The van der Waals surface area contributed by atoms with Gasteiger partial charge in [-0.15, -0.1) is 0 Å². The summed E-state index contributed by atoms with van der Waals surface area (Å²) in [5, 5.41) is 0.951. The van der Waals surface area contributed by atoms with Crippen LogP contribution in [-0.4, -0.2) is 16.1 Å². The van der Waals surface area contributed by atoms with E-state index in [1.165, 1.54) is 0 Å². The van der Waals surface area contributed by atoms with Gasteiger partial charge in [0.25, 0.3) is 0 Å². The molecule has 0 bridgehead atoms. The fourth-order valence-electron chi connectivity index (χ4n) is 2.11. The third kappa shape index (κ3) is 2.13. The molecule has 0 aliphatic rings. The number of para-hydroxylation sites is 1.